The smallest absolute Gasteiger partial charge is 0.269 e. The lowest BCUT2D eigenvalue weighted by Gasteiger charge is -2.33. The predicted molar refractivity (Wildman–Crippen MR) is 165 cm³/mol. The van der Waals surface area contributed by atoms with Crippen LogP contribution in [-0.2, 0) is 24.7 Å². The third-order valence-corrected chi connectivity index (χ3v) is 10.6. The molecule has 5 radical (unpaired) electrons. The number of halogens is 12. The SMILES string of the molecule is Cc1cc(C)c(-c2ccn([C@H](C)[C]3[CH][CH][CH][C]3P(c3cc(C(F)(F)F)cc(C(F)(F)F)c3)c3cc(C(F)(F)F)cc(C(F)(F)F)c3)n2)c(C)c1. The van der Waals surface area contributed by atoms with E-state index in [-0.39, 0.29) is 23.7 Å². The van der Waals surface area contributed by atoms with Gasteiger partial charge in [0.25, 0.3) is 0 Å². The summed E-state index contributed by atoms with van der Waals surface area (Å²) in [5, 5.41) is 3.15. The van der Waals surface area contributed by atoms with Crippen LogP contribution in [0.4, 0.5) is 52.7 Å². The quantitative estimate of drug-likeness (QED) is 0.143. The topological polar surface area (TPSA) is 17.8 Å². The van der Waals surface area contributed by atoms with Gasteiger partial charge in [-0.2, -0.15) is 57.8 Å². The highest BCUT2D eigenvalue weighted by Gasteiger charge is 2.45. The van der Waals surface area contributed by atoms with Crippen LogP contribution in [0.5, 0.6) is 0 Å². The Morgan fingerprint density at radius 3 is 1.42 bits per heavy atom. The molecule has 15 heteroatoms. The normalized spacial score (nSPS) is 16.1. The van der Waals surface area contributed by atoms with Gasteiger partial charge < -0.3 is 0 Å². The lowest BCUT2D eigenvalue weighted by molar-refractivity contribution is -0.144. The van der Waals surface area contributed by atoms with E-state index < -0.39 is 71.5 Å². The molecule has 1 atom stereocenters. The molecular weight excluding hydrogens is 707 g/mol. The largest absolute Gasteiger partial charge is 0.416 e. The Balaban J connectivity index is 1.70. The van der Waals surface area contributed by atoms with Crippen LogP contribution >= 0.6 is 7.92 Å². The van der Waals surface area contributed by atoms with E-state index in [0.717, 1.165) is 22.3 Å². The Morgan fingerprint density at radius 1 is 0.600 bits per heavy atom. The van der Waals surface area contributed by atoms with Gasteiger partial charge >= 0.3 is 24.7 Å². The van der Waals surface area contributed by atoms with Crippen molar-refractivity contribution in [2.45, 2.75) is 58.4 Å². The van der Waals surface area contributed by atoms with Gasteiger partial charge in [0, 0.05) is 23.3 Å². The number of hydrogen-bond donors (Lipinski definition) is 0. The average Bonchev–Trinajstić information content (AvgIpc) is 3.65. The van der Waals surface area contributed by atoms with Gasteiger partial charge in [-0.05, 0) is 119 Å². The first-order valence-corrected chi connectivity index (χ1v) is 16.1. The number of aryl methyl sites for hydroxylation is 3. The maximum Gasteiger partial charge on any atom is 0.416 e. The zero-order valence-electron chi connectivity index (χ0n) is 26.5. The summed E-state index contributed by atoms with van der Waals surface area (Å²) in [4.78, 5) is 0. The Hall–Kier alpha value is -3.54. The molecule has 0 saturated heterocycles. The molecule has 5 rings (SSSR count). The van der Waals surface area contributed by atoms with E-state index in [4.69, 9.17) is 0 Å². The molecule has 50 heavy (non-hydrogen) atoms. The highest BCUT2D eigenvalue weighted by molar-refractivity contribution is 7.76. The molecule has 3 aromatic carbocycles. The Bertz CT molecular complexity index is 1700. The lowest BCUT2D eigenvalue weighted by Crippen LogP contribution is -2.27. The summed E-state index contributed by atoms with van der Waals surface area (Å²) in [6.07, 6.45) is -15.6. The van der Waals surface area contributed by atoms with Crippen molar-refractivity contribution >= 4 is 18.5 Å². The molecule has 1 fully saturated rings. The van der Waals surface area contributed by atoms with E-state index >= 15 is 0 Å². The van der Waals surface area contributed by atoms with Gasteiger partial charge in [-0.1, -0.05) is 17.7 Å². The van der Waals surface area contributed by atoms with Crippen molar-refractivity contribution in [3.05, 3.63) is 131 Å². The van der Waals surface area contributed by atoms with Crippen LogP contribution in [0.2, 0.25) is 0 Å². The van der Waals surface area contributed by atoms with Crippen LogP contribution in [0, 0.1) is 51.6 Å². The van der Waals surface area contributed by atoms with Gasteiger partial charge in [0.1, 0.15) is 0 Å². The number of nitrogens with zero attached hydrogens (tertiary/aromatic N) is 2. The summed E-state index contributed by atoms with van der Waals surface area (Å²) in [6, 6.07) is 5.82. The first kappa shape index (κ1) is 37.7. The zero-order chi connectivity index (χ0) is 37.1. The fourth-order valence-electron chi connectivity index (χ4n) is 5.96. The molecule has 1 saturated carbocycles. The van der Waals surface area contributed by atoms with Crippen molar-refractivity contribution in [3.63, 3.8) is 0 Å². The standard InChI is InChI=1S/C35H26F12N2P/c1-18-10-19(2)31(20(3)11-18)29-8-9-49(48-29)21(4)28-6-5-7-30(28)50(26-14-22(32(36,37)38)12-23(15-26)33(39,40)41)27-16-24(34(42,43)44)13-25(17-27)35(45,46)47/h5-17,21H,1-4H3/t21-/m1/s1. The molecule has 0 bridgehead atoms. The van der Waals surface area contributed by atoms with Crippen molar-refractivity contribution in [1.29, 1.82) is 0 Å². The summed E-state index contributed by atoms with van der Waals surface area (Å²) in [5.41, 5.74) is -2.91. The summed E-state index contributed by atoms with van der Waals surface area (Å²) in [5.74, 6) is 0.222. The van der Waals surface area contributed by atoms with E-state index in [1.165, 1.54) is 23.9 Å². The van der Waals surface area contributed by atoms with Crippen molar-refractivity contribution in [2.75, 3.05) is 0 Å². The molecule has 0 spiro atoms. The third kappa shape index (κ3) is 7.85. The number of hydrogen-bond acceptors (Lipinski definition) is 1. The van der Waals surface area contributed by atoms with Gasteiger partial charge in [-0.15, -0.1) is 0 Å². The maximum absolute atomic E-state index is 14.0. The van der Waals surface area contributed by atoms with E-state index in [1.54, 1.807) is 19.2 Å². The van der Waals surface area contributed by atoms with Crippen LogP contribution < -0.4 is 10.6 Å². The molecule has 2 nitrogen and oxygen atoms in total. The van der Waals surface area contributed by atoms with E-state index in [2.05, 4.69) is 5.10 Å². The highest BCUT2D eigenvalue weighted by atomic mass is 31.1. The van der Waals surface area contributed by atoms with E-state index in [9.17, 15) is 52.7 Å². The van der Waals surface area contributed by atoms with E-state index in [1.807, 2.05) is 32.9 Å². The second-order valence-corrected chi connectivity index (χ2v) is 14.0. The predicted octanol–water partition coefficient (Wildman–Crippen LogP) is 11.0. The highest BCUT2D eigenvalue weighted by Crippen LogP contribution is 2.60. The maximum atomic E-state index is 14.0. The molecule has 0 N–H and O–H groups in total. The molecule has 0 aliphatic heterocycles. The summed E-state index contributed by atoms with van der Waals surface area (Å²) in [7, 11) is -2.90. The monoisotopic (exact) mass is 733 g/mol. The van der Waals surface area contributed by atoms with Crippen molar-refractivity contribution in [1.82, 2.24) is 9.78 Å². The molecule has 1 aliphatic rings. The van der Waals surface area contributed by atoms with Gasteiger partial charge in [-0.25, -0.2) is 0 Å². The van der Waals surface area contributed by atoms with Crippen molar-refractivity contribution in [2.24, 2.45) is 0 Å². The van der Waals surface area contributed by atoms with Crippen molar-refractivity contribution < 1.29 is 52.7 Å². The molecule has 1 aliphatic carbocycles. The van der Waals surface area contributed by atoms with Crippen LogP contribution in [0.15, 0.2) is 60.8 Å². The second kappa shape index (κ2) is 13.2. The molecule has 1 aromatic heterocycles. The summed E-state index contributed by atoms with van der Waals surface area (Å²) in [6.45, 7) is 7.28. The van der Waals surface area contributed by atoms with Gasteiger partial charge in [0.2, 0.25) is 0 Å². The fourth-order valence-corrected chi connectivity index (χ4v) is 8.64. The lowest BCUT2D eigenvalue weighted by atomic mass is 9.98. The van der Waals surface area contributed by atoms with Gasteiger partial charge in [0.05, 0.1) is 34.0 Å². The average molecular weight is 734 g/mol. The molecule has 4 aromatic rings. The Kier molecular flexibility index (Phi) is 9.97. The fraction of sp³-hybridized carbons (Fsp3) is 0.257. The van der Waals surface area contributed by atoms with Gasteiger partial charge in [-0.3, -0.25) is 4.68 Å². The van der Waals surface area contributed by atoms with E-state index in [0.29, 0.717) is 30.0 Å². The summed E-state index contributed by atoms with van der Waals surface area (Å²) >= 11 is 0. The Morgan fingerprint density at radius 2 is 1.02 bits per heavy atom. The molecule has 0 unspecified atom stereocenters. The van der Waals surface area contributed by atoms with Crippen molar-refractivity contribution in [3.8, 4) is 11.3 Å². The van der Waals surface area contributed by atoms with Crippen LogP contribution in [0.1, 0.15) is 51.9 Å². The molecule has 1 heterocycles. The molecule has 265 valence electrons. The minimum absolute atomic E-state index is 0.0489. The Labute approximate surface area is 281 Å². The minimum Gasteiger partial charge on any atom is -0.269 e. The van der Waals surface area contributed by atoms with Crippen LogP contribution in [0.3, 0.4) is 0 Å². The third-order valence-electron chi connectivity index (χ3n) is 8.12. The number of aromatic nitrogens is 2. The molecular formula is C35H26F12N2P. The zero-order valence-corrected chi connectivity index (χ0v) is 27.4. The first-order valence-electron chi connectivity index (χ1n) is 14.7. The first-order chi connectivity index (χ1) is 22.9. The second-order valence-electron chi connectivity index (χ2n) is 11.9. The van der Waals surface area contributed by atoms with Gasteiger partial charge in [0.15, 0.2) is 0 Å². The number of rotatable bonds is 6. The molecule has 0 amide bonds. The van der Waals surface area contributed by atoms with Crippen LogP contribution in [0.25, 0.3) is 11.3 Å². The number of alkyl halides is 12. The minimum atomic E-state index is -5.33. The van der Waals surface area contributed by atoms with Crippen LogP contribution in [-0.4, -0.2) is 9.78 Å². The number of benzene rings is 3. The summed E-state index contributed by atoms with van der Waals surface area (Å²) < 4.78 is 169.